The average molecular weight is 474 g/mol. The smallest absolute Gasteiger partial charge is 0.335 e. The van der Waals surface area contributed by atoms with Gasteiger partial charge in [-0.05, 0) is 41.5 Å². The van der Waals surface area contributed by atoms with Gasteiger partial charge in [0.05, 0.1) is 16.7 Å². The van der Waals surface area contributed by atoms with Gasteiger partial charge >= 0.3 is 6.03 Å². The van der Waals surface area contributed by atoms with Crippen LogP contribution in [0.2, 0.25) is 0 Å². The first kappa shape index (κ1) is 22.2. The van der Waals surface area contributed by atoms with Gasteiger partial charge in [0.1, 0.15) is 5.82 Å². The second-order valence-electron chi connectivity index (χ2n) is 8.52. The molecule has 10 heteroatoms. The Balaban J connectivity index is 1.74. The number of fused-ring (bicyclic) bond motifs is 1. The summed E-state index contributed by atoms with van der Waals surface area (Å²) in [5, 5.41) is 13.7. The molecule has 3 aromatic carbocycles. The van der Waals surface area contributed by atoms with Crippen LogP contribution >= 0.6 is 0 Å². The fourth-order valence-corrected chi connectivity index (χ4v) is 5.06. The summed E-state index contributed by atoms with van der Waals surface area (Å²) in [5.74, 6) is -2.15. The van der Waals surface area contributed by atoms with E-state index in [1.165, 1.54) is 24.3 Å². The Bertz CT molecular complexity index is 1380. The van der Waals surface area contributed by atoms with Gasteiger partial charge in [-0.1, -0.05) is 30.3 Å². The van der Waals surface area contributed by atoms with Crippen molar-refractivity contribution in [1.82, 2.24) is 5.32 Å². The van der Waals surface area contributed by atoms with Crippen LogP contribution in [0.3, 0.4) is 0 Å². The number of carbonyl (C=O) groups excluding carboxylic acids is 3. The minimum absolute atomic E-state index is 0.0973. The molecule has 2 unspecified atom stereocenters. The molecule has 1 N–H and O–H groups in total. The van der Waals surface area contributed by atoms with Crippen LogP contribution in [0.5, 0.6) is 0 Å². The SMILES string of the molecule is CN1c2ccc([N+](=O)[O-])cc2CC2(C(=O)NC(=O)N(c3ccc(F)cc3)C2=O)C1c1ccccc1. The number of imide groups is 2. The average Bonchev–Trinajstić information content (AvgIpc) is 2.84. The molecule has 0 bridgehead atoms. The van der Waals surface area contributed by atoms with E-state index in [0.717, 1.165) is 17.0 Å². The van der Waals surface area contributed by atoms with Crippen LogP contribution in [0.15, 0.2) is 72.8 Å². The highest BCUT2D eigenvalue weighted by Crippen LogP contribution is 2.52. The van der Waals surface area contributed by atoms with Gasteiger partial charge in [0.15, 0.2) is 5.41 Å². The monoisotopic (exact) mass is 474 g/mol. The van der Waals surface area contributed by atoms with Gasteiger partial charge in [-0.2, -0.15) is 0 Å². The normalized spacial score (nSPS) is 21.7. The van der Waals surface area contributed by atoms with Crippen LogP contribution in [-0.4, -0.2) is 29.8 Å². The number of carbonyl (C=O) groups is 3. The largest absolute Gasteiger partial charge is 0.366 e. The maximum absolute atomic E-state index is 14.2. The summed E-state index contributed by atoms with van der Waals surface area (Å²) in [4.78, 5) is 54.0. The number of nitrogens with zero attached hydrogens (tertiary/aromatic N) is 3. The Labute approximate surface area is 198 Å². The van der Waals surface area contributed by atoms with Crippen molar-refractivity contribution >= 4 is 34.9 Å². The topological polar surface area (TPSA) is 113 Å². The van der Waals surface area contributed by atoms with Gasteiger partial charge < -0.3 is 4.90 Å². The van der Waals surface area contributed by atoms with Crippen molar-refractivity contribution in [3.8, 4) is 0 Å². The van der Waals surface area contributed by atoms with Crippen LogP contribution in [0.1, 0.15) is 17.2 Å². The minimum Gasteiger partial charge on any atom is -0.366 e. The molecule has 0 radical (unpaired) electrons. The zero-order chi connectivity index (χ0) is 24.9. The first-order chi connectivity index (χ1) is 16.7. The van der Waals surface area contributed by atoms with Crippen LogP contribution in [0.4, 0.5) is 26.2 Å². The lowest BCUT2D eigenvalue weighted by atomic mass is 9.66. The zero-order valence-corrected chi connectivity index (χ0v) is 18.5. The first-order valence-electron chi connectivity index (χ1n) is 10.7. The molecule has 9 nitrogen and oxygen atoms in total. The number of nitro benzene ring substituents is 1. The van der Waals surface area contributed by atoms with E-state index in [0.29, 0.717) is 16.8 Å². The van der Waals surface area contributed by atoms with Crippen LogP contribution in [-0.2, 0) is 16.0 Å². The molecule has 1 spiro atoms. The number of nitro groups is 1. The summed E-state index contributed by atoms with van der Waals surface area (Å²) in [6.45, 7) is 0. The van der Waals surface area contributed by atoms with Crippen molar-refractivity contribution < 1.29 is 23.7 Å². The summed E-state index contributed by atoms with van der Waals surface area (Å²) in [6.07, 6.45) is -0.177. The fraction of sp³-hybridized carbons (Fsp3) is 0.160. The number of anilines is 2. The van der Waals surface area contributed by atoms with Crippen molar-refractivity contribution in [3.63, 3.8) is 0 Å². The third kappa shape index (κ3) is 3.33. The van der Waals surface area contributed by atoms with Crippen molar-refractivity contribution in [2.75, 3.05) is 16.8 Å². The molecule has 0 aliphatic carbocycles. The molecule has 35 heavy (non-hydrogen) atoms. The zero-order valence-electron chi connectivity index (χ0n) is 18.5. The first-order valence-corrected chi connectivity index (χ1v) is 10.7. The Kier molecular flexibility index (Phi) is 5.08. The summed E-state index contributed by atoms with van der Waals surface area (Å²) in [6, 6.07) is 16.2. The Hall–Kier alpha value is -4.60. The number of nitrogens with one attached hydrogen (secondary N) is 1. The highest BCUT2D eigenvalue weighted by Gasteiger charge is 2.62. The standard InChI is InChI=1S/C25H19FN4O5/c1-28-20-12-11-19(30(34)35)13-16(20)14-25(21(28)15-5-3-2-4-6-15)22(31)27-24(33)29(23(25)32)18-9-7-17(26)8-10-18/h2-13,21H,14H2,1H3,(H,27,31,33). The number of amides is 4. The van der Waals surface area contributed by atoms with E-state index < -0.39 is 40.0 Å². The van der Waals surface area contributed by atoms with Gasteiger partial charge in [-0.15, -0.1) is 0 Å². The molecule has 2 atom stereocenters. The molecule has 1 saturated heterocycles. The number of urea groups is 1. The highest BCUT2D eigenvalue weighted by molar-refractivity contribution is 6.30. The summed E-state index contributed by atoms with van der Waals surface area (Å²) < 4.78 is 13.5. The maximum atomic E-state index is 14.2. The maximum Gasteiger partial charge on any atom is 0.335 e. The molecule has 3 aromatic rings. The molecular weight excluding hydrogens is 455 g/mol. The highest BCUT2D eigenvalue weighted by atomic mass is 19.1. The van der Waals surface area contributed by atoms with Crippen molar-refractivity contribution in [2.24, 2.45) is 5.41 Å². The lowest BCUT2D eigenvalue weighted by molar-refractivity contribution is -0.384. The van der Waals surface area contributed by atoms with E-state index >= 15 is 0 Å². The molecular formula is C25H19FN4O5. The Morgan fingerprint density at radius 1 is 1.03 bits per heavy atom. The molecule has 1 fully saturated rings. The number of hydrogen-bond donors (Lipinski definition) is 1. The van der Waals surface area contributed by atoms with E-state index in [9.17, 15) is 28.9 Å². The molecule has 0 aromatic heterocycles. The molecule has 5 rings (SSSR count). The predicted molar refractivity (Wildman–Crippen MR) is 124 cm³/mol. The molecule has 2 heterocycles. The summed E-state index contributed by atoms with van der Waals surface area (Å²) in [7, 11) is 1.70. The van der Waals surface area contributed by atoms with Gasteiger partial charge in [-0.25, -0.2) is 14.1 Å². The van der Waals surface area contributed by atoms with Gasteiger partial charge in [0.25, 0.3) is 11.6 Å². The van der Waals surface area contributed by atoms with Crippen LogP contribution < -0.4 is 15.1 Å². The Morgan fingerprint density at radius 3 is 2.37 bits per heavy atom. The van der Waals surface area contributed by atoms with E-state index in [-0.39, 0.29) is 17.8 Å². The van der Waals surface area contributed by atoms with E-state index in [1.807, 2.05) is 0 Å². The van der Waals surface area contributed by atoms with Crippen LogP contribution in [0, 0.1) is 21.3 Å². The lowest BCUT2D eigenvalue weighted by Crippen LogP contribution is -2.69. The number of hydrogen-bond acceptors (Lipinski definition) is 6. The van der Waals surface area contributed by atoms with E-state index in [1.54, 1.807) is 48.3 Å². The fourth-order valence-electron chi connectivity index (χ4n) is 5.06. The minimum atomic E-state index is -1.83. The molecule has 2 aliphatic rings. The van der Waals surface area contributed by atoms with Gasteiger partial charge in [-0.3, -0.25) is 25.0 Å². The number of barbiturate groups is 1. The quantitative estimate of drug-likeness (QED) is 0.352. The summed E-state index contributed by atoms with van der Waals surface area (Å²) >= 11 is 0. The Morgan fingerprint density at radius 2 is 1.71 bits per heavy atom. The third-order valence-electron chi connectivity index (χ3n) is 6.59. The number of benzene rings is 3. The lowest BCUT2D eigenvalue weighted by Gasteiger charge is -2.50. The third-order valence-corrected chi connectivity index (χ3v) is 6.59. The van der Waals surface area contributed by atoms with E-state index in [4.69, 9.17) is 0 Å². The number of rotatable bonds is 3. The molecule has 4 amide bonds. The number of non-ortho nitro benzene ring substituents is 1. The molecule has 2 aliphatic heterocycles. The number of halogens is 1. The summed E-state index contributed by atoms with van der Waals surface area (Å²) in [5.41, 5.74) is -0.219. The van der Waals surface area contributed by atoms with Gasteiger partial charge in [0, 0.05) is 31.3 Å². The van der Waals surface area contributed by atoms with Crippen molar-refractivity contribution in [1.29, 1.82) is 0 Å². The predicted octanol–water partition coefficient (Wildman–Crippen LogP) is 3.74. The van der Waals surface area contributed by atoms with E-state index in [2.05, 4.69) is 5.32 Å². The molecule has 0 saturated carbocycles. The second-order valence-corrected chi connectivity index (χ2v) is 8.52. The second kappa shape index (κ2) is 8.01. The van der Waals surface area contributed by atoms with Crippen molar-refractivity contribution in [3.05, 3.63) is 99.9 Å². The van der Waals surface area contributed by atoms with Gasteiger partial charge in [0.2, 0.25) is 5.91 Å². The van der Waals surface area contributed by atoms with Crippen LogP contribution in [0.25, 0.3) is 0 Å². The van der Waals surface area contributed by atoms with Crippen molar-refractivity contribution in [2.45, 2.75) is 12.5 Å². The molecule has 176 valence electrons.